The molecule has 2 aromatic rings. The zero-order valence-electron chi connectivity index (χ0n) is 18.9. The van der Waals surface area contributed by atoms with Crippen molar-refractivity contribution in [3.8, 4) is 0 Å². The molecular weight excluding hydrogens is 444 g/mol. The average Bonchev–Trinajstić information content (AvgIpc) is 3.36. The van der Waals surface area contributed by atoms with Crippen molar-refractivity contribution in [3.05, 3.63) is 53.6 Å². The maximum atomic E-state index is 13.8. The first-order chi connectivity index (χ1) is 16.5. The fourth-order valence-electron chi connectivity index (χ4n) is 4.15. The summed E-state index contributed by atoms with van der Waals surface area (Å²) in [6, 6.07) is 7.35. The second-order valence-corrected chi connectivity index (χ2v) is 8.34. The molecule has 2 aliphatic rings. The molecule has 0 atom stereocenters. The van der Waals surface area contributed by atoms with Crippen molar-refractivity contribution in [2.24, 2.45) is 0 Å². The summed E-state index contributed by atoms with van der Waals surface area (Å²) in [5, 5.41) is 7.96. The molecular formula is C24H29F2N5O3. The molecule has 2 aromatic carbocycles. The van der Waals surface area contributed by atoms with Gasteiger partial charge in [0.1, 0.15) is 11.6 Å². The quantitative estimate of drug-likeness (QED) is 0.575. The number of hydrogen-bond acceptors (Lipinski definition) is 5. The smallest absolute Gasteiger partial charge is 0.323 e. The molecule has 0 bridgehead atoms. The van der Waals surface area contributed by atoms with E-state index in [0.29, 0.717) is 37.1 Å². The molecule has 182 valence electrons. The Kier molecular flexibility index (Phi) is 7.91. The second kappa shape index (κ2) is 11.3. The van der Waals surface area contributed by atoms with Crippen molar-refractivity contribution < 1.29 is 23.1 Å². The van der Waals surface area contributed by atoms with Crippen LogP contribution in [0.3, 0.4) is 0 Å². The van der Waals surface area contributed by atoms with Crippen LogP contribution in [0.25, 0.3) is 0 Å². The van der Waals surface area contributed by atoms with Gasteiger partial charge in [0, 0.05) is 56.7 Å². The Hall–Kier alpha value is -3.24. The Balaban J connectivity index is 1.43. The molecule has 2 fully saturated rings. The number of urea groups is 1. The van der Waals surface area contributed by atoms with E-state index in [4.69, 9.17) is 4.74 Å². The van der Waals surface area contributed by atoms with Crippen LogP contribution in [0.15, 0.2) is 36.4 Å². The van der Waals surface area contributed by atoms with Gasteiger partial charge in [0.15, 0.2) is 0 Å². The minimum Gasteiger partial charge on any atom is -0.379 e. The van der Waals surface area contributed by atoms with Gasteiger partial charge in [-0.15, -0.1) is 0 Å². The van der Waals surface area contributed by atoms with Crippen molar-refractivity contribution in [1.29, 1.82) is 0 Å². The van der Waals surface area contributed by atoms with E-state index in [9.17, 15) is 18.4 Å². The highest BCUT2D eigenvalue weighted by Gasteiger charge is 2.21. The number of benzene rings is 2. The molecule has 0 unspecified atom stereocenters. The first-order valence-corrected chi connectivity index (χ1v) is 11.5. The zero-order chi connectivity index (χ0) is 23.9. The van der Waals surface area contributed by atoms with E-state index in [0.717, 1.165) is 63.4 Å². The van der Waals surface area contributed by atoms with Crippen molar-refractivity contribution in [2.45, 2.75) is 12.8 Å². The lowest BCUT2D eigenvalue weighted by molar-refractivity contribution is 0.0383. The summed E-state index contributed by atoms with van der Waals surface area (Å²) in [7, 11) is 0. The Morgan fingerprint density at radius 3 is 2.44 bits per heavy atom. The molecule has 0 aliphatic carbocycles. The highest BCUT2D eigenvalue weighted by molar-refractivity contribution is 6.04. The Morgan fingerprint density at radius 1 is 0.941 bits per heavy atom. The van der Waals surface area contributed by atoms with Crippen LogP contribution in [-0.2, 0) is 4.74 Å². The Bertz CT molecular complexity index is 1020. The zero-order valence-corrected chi connectivity index (χ0v) is 18.9. The summed E-state index contributed by atoms with van der Waals surface area (Å²) in [6.07, 6.45) is 2.12. The molecule has 8 nitrogen and oxygen atoms in total. The summed E-state index contributed by atoms with van der Waals surface area (Å²) in [4.78, 5) is 29.9. The third-order valence-corrected chi connectivity index (χ3v) is 5.94. The number of morpholine rings is 1. The van der Waals surface area contributed by atoms with Crippen LogP contribution >= 0.6 is 0 Å². The maximum absolute atomic E-state index is 13.8. The standard InChI is InChI=1S/C24H29F2N5O3/c25-17-3-5-21(20(26)15-17)29-24(33)28-18-4-6-22(31-8-1-2-9-31)19(16-18)23(32)27-7-10-30-11-13-34-14-12-30/h3-6,15-16H,1-2,7-14H2,(H,27,32)(H2,28,29,33). The molecule has 3 N–H and O–H groups in total. The molecule has 4 rings (SSSR count). The summed E-state index contributed by atoms with van der Waals surface area (Å²) in [5.41, 5.74) is 1.53. The van der Waals surface area contributed by atoms with Gasteiger partial charge in [0.2, 0.25) is 0 Å². The lowest BCUT2D eigenvalue weighted by atomic mass is 10.1. The predicted molar refractivity (Wildman–Crippen MR) is 126 cm³/mol. The highest BCUT2D eigenvalue weighted by Crippen LogP contribution is 2.28. The number of carbonyl (C=O) groups is 2. The fraction of sp³-hybridized carbons (Fsp3) is 0.417. The van der Waals surface area contributed by atoms with Crippen LogP contribution in [0, 0.1) is 11.6 Å². The van der Waals surface area contributed by atoms with Crippen LogP contribution in [0.2, 0.25) is 0 Å². The van der Waals surface area contributed by atoms with Crippen LogP contribution < -0.4 is 20.9 Å². The molecule has 0 saturated carbocycles. The minimum absolute atomic E-state index is 0.145. The fourth-order valence-corrected chi connectivity index (χ4v) is 4.15. The largest absolute Gasteiger partial charge is 0.379 e. The predicted octanol–water partition coefficient (Wildman–Crippen LogP) is 3.27. The number of anilines is 3. The number of nitrogens with zero attached hydrogens (tertiary/aromatic N) is 2. The van der Waals surface area contributed by atoms with E-state index in [-0.39, 0.29) is 11.6 Å². The molecule has 2 aliphatic heterocycles. The van der Waals surface area contributed by atoms with Crippen molar-refractivity contribution in [1.82, 2.24) is 10.2 Å². The van der Waals surface area contributed by atoms with Gasteiger partial charge in [-0.25, -0.2) is 13.6 Å². The van der Waals surface area contributed by atoms with Crippen molar-refractivity contribution in [3.63, 3.8) is 0 Å². The van der Waals surface area contributed by atoms with Gasteiger partial charge in [0.05, 0.1) is 24.5 Å². The molecule has 2 saturated heterocycles. The molecule has 34 heavy (non-hydrogen) atoms. The number of halogens is 2. The normalized spacial score (nSPS) is 16.4. The van der Waals surface area contributed by atoms with Gasteiger partial charge in [-0.05, 0) is 43.2 Å². The van der Waals surface area contributed by atoms with Crippen molar-refractivity contribution in [2.75, 3.05) is 68.0 Å². The van der Waals surface area contributed by atoms with Crippen molar-refractivity contribution >= 4 is 29.0 Å². The third kappa shape index (κ3) is 6.21. The van der Waals surface area contributed by atoms with Gasteiger partial charge in [-0.1, -0.05) is 0 Å². The van der Waals surface area contributed by atoms with Crippen LogP contribution in [0.1, 0.15) is 23.2 Å². The number of carbonyl (C=O) groups excluding carboxylic acids is 2. The lowest BCUT2D eigenvalue weighted by Crippen LogP contribution is -2.41. The monoisotopic (exact) mass is 473 g/mol. The van der Waals surface area contributed by atoms with Gasteiger partial charge in [-0.2, -0.15) is 0 Å². The Labute approximate surface area is 197 Å². The number of ether oxygens (including phenoxy) is 1. The summed E-state index contributed by atoms with van der Waals surface area (Å²) < 4.78 is 32.3. The molecule has 10 heteroatoms. The highest BCUT2D eigenvalue weighted by atomic mass is 19.1. The SMILES string of the molecule is O=C(Nc1ccc(N2CCCC2)c(C(=O)NCCN2CCOCC2)c1)Nc1ccc(F)cc1F. The van der Waals surface area contributed by atoms with E-state index in [2.05, 4.69) is 25.8 Å². The van der Waals surface area contributed by atoms with Gasteiger partial charge in [-0.3, -0.25) is 9.69 Å². The van der Waals surface area contributed by atoms with E-state index in [1.54, 1.807) is 12.1 Å². The van der Waals surface area contributed by atoms with E-state index < -0.39 is 17.7 Å². The van der Waals surface area contributed by atoms with Gasteiger partial charge >= 0.3 is 6.03 Å². The van der Waals surface area contributed by atoms with Crippen LogP contribution in [-0.4, -0.2) is 69.3 Å². The molecule has 3 amide bonds. The molecule has 2 heterocycles. The topological polar surface area (TPSA) is 85.9 Å². The molecule has 0 aromatic heterocycles. The Morgan fingerprint density at radius 2 is 1.71 bits per heavy atom. The number of rotatable bonds is 7. The number of nitrogens with one attached hydrogen (secondary N) is 3. The second-order valence-electron chi connectivity index (χ2n) is 8.34. The molecule has 0 spiro atoms. The summed E-state index contributed by atoms with van der Waals surface area (Å²) in [5.74, 6) is -1.83. The van der Waals surface area contributed by atoms with E-state index >= 15 is 0 Å². The van der Waals surface area contributed by atoms with Gasteiger partial charge < -0.3 is 25.6 Å². The van der Waals surface area contributed by atoms with E-state index in [1.807, 2.05) is 6.07 Å². The van der Waals surface area contributed by atoms with Crippen LogP contribution in [0.5, 0.6) is 0 Å². The number of hydrogen-bond donors (Lipinski definition) is 3. The average molecular weight is 474 g/mol. The third-order valence-electron chi connectivity index (χ3n) is 5.94. The maximum Gasteiger partial charge on any atom is 0.323 e. The summed E-state index contributed by atoms with van der Waals surface area (Å²) >= 11 is 0. The van der Waals surface area contributed by atoms with E-state index in [1.165, 1.54) is 0 Å². The lowest BCUT2D eigenvalue weighted by Gasteiger charge is -2.26. The van der Waals surface area contributed by atoms with Crippen LogP contribution in [0.4, 0.5) is 30.6 Å². The van der Waals surface area contributed by atoms with Gasteiger partial charge in [0.25, 0.3) is 5.91 Å². The molecule has 0 radical (unpaired) electrons. The number of amides is 3. The first-order valence-electron chi connectivity index (χ1n) is 11.5. The minimum atomic E-state index is -0.875. The first kappa shape index (κ1) is 23.9. The summed E-state index contributed by atoms with van der Waals surface area (Å²) in [6.45, 7) is 6.06.